The number of hydrazine groups is 1. The predicted octanol–water partition coefficient (Wildman–Crippen LogP) is 3.46. The van der Waals surface area contributed by atoms with Gasteiger partial charge in [0.25, 0.3) is 0 Å². The van der Waals surface area contributed by atoms with E-state index in [-0.39, 0.29) is 0 Å². The van der Waals surface area contributed by atoms with Crippen LogP contribution in [-0.2, 0) is 11.3 Å². The van der Waals surface area contributed by atoms with Crippen molar-refractivity contribution in [1.29, 1.82) is 0 Å². The quantitative estimate of drug-likeness (QED) is 0.653. The van der Waals surface area contributed by atoms with Crippen LogP contribution in [0.4, 0.5) is 5.82 Å². The second-order valence-corrected chi connectivity index (χ2v) is 6.47. The van der Waals surface area contributed by atoms with Crippen LogP contribution >= 0.6 is 11.3 Å². The van der Waals surface area contributed by atoms with Crippen molar-refractivity contribution in [1.82, 2.24) is 9.97 Å². The molecule has 2 aromatic heterocycles. The van der Waals surface area contributed by atoms with E-state index < -0.39 is 0 Å². The molecule has 2 unspecified atom stereocenters. The maximum absolute atomic E-state index is 6.11. The summed E-state index contributed by atoms with van der Waals surface area (Å²) >= 11 is 1.60. The summed E-state index contributed by atoms with van der Waals surface area (Å²) in [5.41, 5.74) is 2.65. The summed E-state index contributed by atoms with van der Waals surface area (Å²) in [6, 6.07) is 1.98. The van der Waals surface area contributed by atoms with E-state index >= 15 is 0 Å². The van der Waals surface area contributed by atoms with Crippen molar-refractivity contribution in [2.75, 3.05) is 5.43 Å². The van der Waals surface area contributed by atoms with E-state index in [4.69, 9.17) is 10.6 Å². The van der Waals surface area contributed by atoms with Gasteiger partial charge in [-0.25, -0.2) is 15.8 Å². The lowest BCUT2D eigenvalue weighted by molar-refractivity contribution is -0.0246. The lowest BCUT2D eigenvalue weighted by atomic mass is 9.85. The third kappa shape index (κ3) is 3.17. The lowest BCUT2D eigenvalue weighted by Crippen LogP contribution is -2.27. The highest BCUT2D eigenvalue weighted by Gasteiger charge is 2.24. The Balaban J connectivity index is 1.72. The van der Waals surface area contributed by atoms with Crippen molar-refractivity contribution >= 4 is 27.4 Å². The molecule has 1 fully saturated rings. The van der Waals surface area contributed by atoms with E-state index in [1.807, 2.05) is 11.4 Å². The molecule has 6 heteroatoms. The average molecular weight is 306 g/mol. The molecule has 5 nitrogen and oxygen atoms in total. The van der Waals surface area contributed by atoms with Crippen molar-refractivity contribution < 1.29 is 4.74 Å². The lowest BCUT2D eigenvalue weighted by Gasteiger charge is -2.30. The van der Waals surface area contributed by atoms with Crippen LogP contribution in [0.3, 0.4) is 0 Å². The number of hydrogen-bond acceptors (Lipinski definition) is 6. The Labute approximate surface area is 128 Å². The molecule has 21 heavy (non-hydrogen) atoms. The molecule has 1 aliphatic rings. The molecule has 1 saturated carbocycles. The van der Waals surface area contributed by atoms with Crippen molar-refractivity contribution in [3.8, 4) is 0 Å². The predicted molar refractivity (Wildman–Crippen MR) is 86.1 cm³/mol. The highest BCUT2D eigenvalue weighted by molar-refractivity contribution is 7.16. The Bertz CT molecular complexity index is 600. The van der Waals surface area contributed by atoms with Gasteiger partial charge < -0.3 is 10.2 Å². The van der Waals surface area contributed by atoms with Gasteiger partial charge in [0, 0.05) is 0 Å². The molecule has 0 bridgehead atoms. The molecule has 0 aromatic carbocycles. The minimum Gasteiger partial charge on any atom is -0.370 e. The number of rotatable bonds is 5. The number of nitrogens with two attached hydrogens (primary N) is 1. The smallest absolute Gasteiger partial charge is 0.158 e. The zero-order valence-electron chi connectivity index (χ0n) is 12.3. The van der Waals surface area contributed by atoms with E-state index in [1.165, 1.54) is 25.7 Å². The molecule has 3 N–H and O–H groups in total. The number of nitrogens with one attached hydrogen (secondary N) is 1. The number of nitrogens with zero attached hydrogens (tertiary/aromatic N) is 2. The van der Waals surface area contributed by atoms with Crippen LogP contribution in [0.1, 0.15) is 44.9 Å². The summed E-state index contributed by atoms with van der Waals surface area (Å²) in [5, 5.41) is 2.97. The molecule has 0 radical (unpaired) electrons. The zero-order chi connectivity index (χ0) is 14.7. The molecule has 1 aliphatic carbocycles. The third-order valence-corrected chi connectivity index (χ3v) is 5.10. The summed E-state index contributed by atoms with van der Waals surface area (Å²) in [4.78, 5) is 9.98. The number of aromatic nitrogens is 2. The average Bonchev–Trinajstić information content (AvgIpc) is 3.00. The molecular weight excluding hydrogens is 284 g/mol. The van der Waals surface area contributed by atoms with Gasteiger partial charge >= 0.3 is 0 Å². The Morgan fingerprint density at radius 3 is 3.05 bits per heavy atom. The molecule has 0 aliphatic heterocycles. The minimum atomic E-state index is 0.348. The first-order valence-corrected chi connectivity index (χ1v) is 8.52. The third-order valence-electron chi connectivity index (χ3n) is 4.30. The highest BCUT2D eigenvalue weighted by atomic mass is 32.1. The highest BCUT2D eigenvalue weighted by Crippen LogP contribution is 2.30. The van der Waals surface area contributed by atoms with Gasteiger partial charge in [0.15, 0.2) is 11.6 Å². The zero-order valence-corrected chi connectivity index (χ0v) is 13.2. The van der Waals surface area contributed by atoms with Gasteiger partial charge in [-0.3, -0.25) is 0 Å². The van der Waals surface area contributed by atoms with E-state index in [0.29, 0.717) is 30.3 Å². The first-order chi connectivity index (χ1) is 10.3. The fourth-order valence-electron chi connectivity index (χ4n) is 3.12. The summed E-state index contributed by atoms with van der Waals surface area (Å²) < 4.78 is 6.11. The Morgan fingerprint density at radius 2 is 2.24 bits per heavy atom. The number of anilines is 1. The maximum atomic E-state index is 6.11. The molecule has 2 aromatic rings. The van der Waals surface area contributed by atoms with Gasteiger partial charge in [-0.1, -0.05) is 26.2 Å². The first-order valence-electron chi connectivity index (χ1n) is 7.64. The van der Waals surface area contributed by atoms with Gasteiger partial charge in [0.05, 0.1) is 11.5 Å². The second-order valence-electron chi connectivity index (χ2n) is 5.57. The van der Waals surface area contributed by atoms with Crippen LogP contribution in [0.15, 0.2) is 11.4 Å². The van der Waals surface area contributed by atoms with Gasteiger partial charge in [-0.15, -0.1) is 11.3 Å². The summed E-state index contributed by atoms with van der Waals surface area (Å²) in [6.45, 7) is 2.71. The number of hydrogen-bond donors (Lipinski definition) is 2. The molecule has 0 spiro atoms. The summed E-state index contributed by atoms with van der Waals surface area (Å²) in [7, 11) is 0. The van der Waals surface area contributed by atoms with Crippen LogP contribution in [0.5, 0.6) is 0 Å². The van der Waals surface area contributed by atoms with E-state index in [2.05, 4.69) is 22.3 Å². The first kappa shape index (κ1) is 14.7. The van der Waals surface area contributed by atoms with Gasteiger partial charge in [0.1, 0.15) is 11.4 Å². The number of ether oxygens (including phenoxy) is 1. The van der Waals surface area contributed by atoms with Gasteiger partial charge in [-0.05, 0) is 30.2 Å². The Hall–Kier alpha value is -1.24. The number of thiophene rings is 1. The second kappa shape index (κ2) is 6.68. The molecule has 0 amide bonds. The normalized spacial score (nSPS) is 22.6. The fourth-order valence-corrected chi connectivity index (χ4v) is 3.90. The Morgan fingerprint density at radius 1 is 1.38 bits per heavy atom. The van der Waals surface area contributed by atoms with Crippen LogP contribution in [0, 0.1) is 5.92 Å². The SMILES string of the molecule is CCC1CCCCC1OCc1nc(NN)c2ccsc2n1. The Kier molecular flexibility index (Phi) is 4.67. The molecular formula is C15H22N4OS. The van der Waals surface area contributed by atoms with Crippen molar-refractivity contribution in [3.05, 3.63) is 17.3 Å². The van der Waals surface area contributed by atoms with Crippen LogP contribution < -0.4 is 11.3 Å². The molecule has 2 atom stereocenters. The van der Waals surface area contributed by atoms with Crippen molar-refractivity contribution in [2.45, 2.75) is 51.7 Å². The van der Waals surface area contributed by atoms with E-state index in [0.717, 1.165) is 16.6 Å². The fraction of sp³-hybridized carbons (Fsp3) is 0.600. The minimum absolute atomic E-state index is 0.348. The van der Waals surface area contributed by atoms with E-state index in [1.54, 1.807) is 11.3 Å². The molecule has 114 valence electrons. The topological polar surface area (TPSA) is 73.1 Å². The maximum Gasteiger partial charge on any atom is 0.158 e. The van der Waals surface area contributed by atoms with Gasteiger partial charge in [0.2, 0.25) is 0 Å². The monoisotopic (exact) mass is 306 g/mol. The number of nitrogen functional groups attached to an aromatic ring is 1. The van der Waals surface area contributed by atoms with Crippen molar-refractivity contribution in [2.24, 2.45) is 11.8 Å². The largest absolute Gasteiger partial charge is 0.370 e. The van der Waals surface area contributed by atoms with Crippen LogP contribution in [-0.4, -0.2) is 16.1 Å². The number of fused-ring (bicyclic) bond motifs is 1. The molecule has 0 saturated heterocycles. The van der Waals surface area contributed by atoms with Gasteiger partial charge in [-0.2, -0.15) is 0 Å². The van der Waals surface area contributed by atoms with Crippen molar-refractivity contribution in [3.63, 3.8) is 0 Å². The van der Waals surface area contributed by atoms with E-state index in [9.17, 15) is 0 Å². The standard InChI is InChI=1S/C15H22N4OS/c1-2-10-5-3-4-6-12(10)20-9-13-17-14(19-16)11-7-8-21-15(11)18-13/h7-8,10,12H,2-6,9,16H2,1H3,(H,17,18,19). The van der Waals surface area contributed by atoms with Crippen LogP contribution in [0.2, 0.25) is 0 Å². The van der Waals surface area contributed by atoms with Crippen LogP contribution in [0.25, 0.3) is 10.2 Å². The molecule has 3 rings (SSSR count). The molecule has 2 heterocycles. The summed E-state index contributed by atoms with van der Waals surface area (Å²) in [6.07, 6.45) is 6.56. The summed E-state index contributed by atoms with van der Waals surface area (Å²) in [5.74, 6) is 7.61.